The molecule has 5 heteroatoms. The van der Waals surface area contributed by atoms with Crippen molar-refractivity contribution >= 4 is 18.4 Å². The molecule has 0 spiro atoms. The van der Waals surface area contributed by atoms with E-state index in [-0.39, 0.29) is 24.5 Å². The minimum Gasteiger partial charge on any atom is -0.497 e. The fourth-order valence-corrected chi connectivity index (χ4v) is 4.60. The van der Waals surface area contributed by atoms with Gasteiger partial charge in [0.25, 0.3) is 0 Å². The predicted octanol–water partition coefficient (Wildman–Crippen LogP) is 4.42. The van der Waals surface area contributed by atoms with E-state index in [1.165, 1.54) is 12.8 Å². The number of rotatable bonds is 5. The minimum absolute atomic E-state index is 0. The maximum atomic E-state index is 13.2. The van der Waals surface area contributed by atoms with Crippen molar-refractivity contribution in [3.05, 3.63) is 65.7 Å². The normalized spacial score (nSPS) is 24.9. The molecule has 4 rings (SSSR count). The van der Waals surface area contributed by atoms with Crippen LogP contribution in [0, 0.1) is 0 Å². The molecule has 0 N–H and O–H groups in total. The molecule has 4 nitrogen and oxygen atoms in total. The van der Waals surface area contributed by atoms with Crippen molar-refractivity contribution in [2.45, 2.75) is 49.8 Å². The van der Waals surface area contributed by atoms with Crippen LogP contribution in [0.25, 0.3) is 0 Å². The summed E-state index contributed by atoms with van der Waals surface area (Å²) >= 11 is 0. The van der Waals surface area contributed by atoms with Crippen molar-refractivity contribution in [1.29, 1.82) is 0 Å². The second kappa shape index (κ2) is 8.97. The van der Waals surface area contributed by atoms with Crippen LogP contribution in [-0.2, 0) is 9.53 Å². The van der Waals surface area contributed by atoms with Crippen molar-refractivity contribution in [1.82, 2.24) is 4.90 Å². The van der Waals surface area contributed by atoms with Crippen molar-refractivity contribution in [2.75, 3.05) is 14.2 Å². The Morgan fingerprint density at radius 1 is 0.964 bits per heavy atom. The van der Waals surface area contributed by atoms with Gasteiger partial charge >= 0.3 is 5.97 Å². The first-order valence-corrected chi connectivity index (χ1v) is 9.77. The number of hydrogen-bond donors (Lipinski definition) is 0. The molecule has 2 aliphatic heterocycles. The van der Waals surface area contributed by atoms with Gasteiger partial charge in [0, 0.05) is 12.1 Å². The summed E-state index contributed by atoms with van der Waals surface area (Å²) in [4.78, 5) is 15.7. The molecule has 2 saturated heterocycles. The Hall–Kier alpha value is -2.04. The lowest BCUT2D eigenvalue weighted by Crippen LogP contribution is -2.43. The highest BCUT2D eigenvalue weighted by atomic mass is 35.5. The SMILES string of the molecule is COc1ccc(C(C(=O)OC2C[C@H]3CC[C@@H](C2)N3C)c2ccccc2)cc1.Cl. The molecule has 0 saturated carbocycles. The number of carbonyl (C=O) groups is 1. The number of benzene rings is 2. The van der Waals surface area contributed by atoms with Crippen molar-refractivity contribution < 1.29 is 14.3 Å². The van der Waals surface area contributed by atoms with Gasteiger partial charge < -0.3 is 14.4 Å². The first kappa shape index (κ1) is 20.7. The van der Waals surface area contributed by atoms with E-state index in [1.54, 1.807) is 7.11 Å². The molecule has 0 aliphatic carbocycles. The standard InChI is InChI=1S/C23H27NO3.ClH/c1-24-18-10-11-19(24)15-21(14-18)27-23(25)22(16-6-4-3-5-7-16)17-8-12-20(26-2)13-9-17;/h3-9,12-13,18-19,21-22H,10-11,14-15H2,1-2H3;1H/t18-,19+,21?,22?;. The number of esters is 1. The van der Waals surface area contributed by atoms with E-state index in [4.69, 9.17) is 9.47 Å². The van der Waals surface area contributed by atoms with Crippen LogP contribution in [0.2, 0.25) is 0 Å². The Morgan fingerprint density at radius 3 is 2.11 bits per heavy atom. The van der Waals surface area contributed by atoms with Gasteiger partial charge in [-0.2, -0.15) is 0 Å². The molecule has 0 aromatic heterocycles. The summed E-state index contributed by atoms with van der Waals surface area (Å²) in [5, 5.41) is 0. The number of methoxy groups -OCH3 is 1. The van der Waals surface area contributed by atoms with Gasteiger partial charge in [0.05, 0.1) is 7.11 Å². The number of piperidine rings is 1. The fourth-order valence-electron chi connectivity index (χ4n) is 4.60. The lowest BCUT2D eigenvalue weighted by atomic mass is 9.91. The van der Waals surface area contributed by atoms with Crippen LogP contribution in [0.15, 0.2) is 54.6 Å². The van der Waals surface area contributed by atoms with Gasteiger partial charge in [0.2, 0.25) is 0 Å². The Labute approximate surface area is 173 Å². The highest BCUT2D eigenvalue weighted by molar-refractivity contribution is 5.85. The fraction of sp³-hybridized carbons (Fsp3) is 0.435. The molecule has 2 aromatic rings. The zero-order valence-corrected chi connectivity index (χ0v) is 17.2. The van der Waals surface area contributed by atoms with Crippen LogP contribution in [0.3, 0.4) is 0 Å². The molecule has 150 valence electrons. The van der Waals surface area contributed by atoms with Crippen molar-refractivity contribution in [2.24, 2.45) is 0 Å². The average Bonchev–Trinajstić information content (AvgIpc) is 2.90. The summed E-state index contributed by atoms with van der Waals surface area (Å²) in [5.74, 6) is 0.223. The van der Waals surface area contributed by atoms with Gasteiger partial charge in [-0.15, -0.1) is 12.4 Å². The zero-order chi connectivity index (χ0) is 18.8. The van der Waals surface area contributed by atoms with Crippen LogP contribution in [0.5, 0.6) is 5.75 Å². The molecule has 2 aromatic carbocycles. The van der Waals surface area contributed by atoms with Crippen LogP contribution in [0.4, 0.5) is 0 Å². The molecule has 2 bridgehead atoms. The summed E-state index contributed by atoms with van der Waals surface area (Å²) in [6, 6.07) is 18.7. The van der Waals surface area contributed by atoms with E-state index in [0.717, 1.165) is 29.7 Å². The third-order valence-electron chi connectivity index (χ3n) is 6.16. The van der Waals surface area contributed by atoms with E-state index in [9.17, 15) is 4.79 Å². The number of halogens is 1. The lowest BCUT2D eigenvalue weighted by Gasteiger charge is -2.36. The summed E-state index contributed by atoms with van der Waals surface area (Å²) in [6.07, 6.45) is 4.35. The van der Waals surface area contributed by atoms with Crippen LogP contribution < -0.4 is 4.74 Å². The Bertz CT molecular complexity index is 766. The minimum atomic E-state index is -0.408. The van der Waals surface area contributed by atoms with Crippen LogP contribution in [-0.4, -0.2) is 43.2 Å². The second-order valence-electron chi connectivity index (χ2n) is 7.70. The number of hydrogen-bond acceptors (Lipinski definition) is 4. The van der Waals surface area contributed by atoms with E-state index in [2.05, 4.69) is 11.9 Å². The molecule has 2 aliphatic rings. The second-order valence-corrected chi connectivity index (χ2v) is 7.70. The molecule has 2 fully saturated rings. The first-order valence-electron chi connectivity index (χ1n) is 9.77. The van der Waals surface area contributed by atoms with Crippen LogP contribution >= 0.6 is 12.4 Å². The van der Waals surface area contributed by atoms with E-state index >= 15 is 0 Å². The van der Waals surface area contributed by atoms with Crippen molar-refractivity contribution in [3.8, 4) is 5.75 Å². The number of fused-ring (bicyclic) bond motifs is 2. The lowest BCUT2D eigenvalue weighted by molar-refractivity contribution is -0.153. The monoisotopic (exact) mass is 401 g/mol. The molecule has 2 heterocycles. The van der Waals surface area contributed by atoms with Gasteiger partial charge in [-0.05, 0) is 56.0 Å². The molecule has 0 radical (unpaired) electrons. The molecular weight excluding hydrogens is 374 g/mol. The highest BCUT2D eigenvalue weighted by Gasteiger charge is 2.40. The smallest absolute Gasteiger partial charge is 0.318 e. The number of ether oxygens (including phenoxy) is 2. The maximum absolute atomic E-state index is 13.2. The maximum Gasteiger partial charge on any atom is 0.318 e. The predicted molar refractivity (Wildman–Crippen MR) is 112 cm³/mol. The van der Waals surface area contributed by atoms with Gasteiger partial charge in [-0.1, -0.05) is 42.5 Å². The third kappa shape index (κ3) is 4.18. The summed E-state index contributed by atoms with van der Waals surface area (Å²) in [5.41, 5.74) is 1.89. The van der Waals surface area contributed by atoms with E-state index < -0.39 is 5.92 Å². The quantitative estimate of drug-likeness (QED) is 0.695. The molecule has 4 atom stereocenters. The van der Waals surface area contributed by atoms with Gasteiger partial charge in [0.1, 0.15) is 17.8 Å². The zero-order valence-electron chi connectivity index (χ0n) is 16.4. The summed E-state index contributed by atoms with van der Waals surface area (Å²) in [6.45, 7) is 0. The summed E-state index contributed by atoms with van der Waals surface area (Å²) in [7, 11) is 3.84. The molecule has 2 unspecified atom stereocenters. The number of carbonyl (C=O) groups excluding carboxylic acids is 1. The van der Waals surface area contributed by atoms with Crippen molar-refractivity contribution in [3.63, 3.8) is 0 Å². The first-order chi connectivity index (χ1) is 13.2. The van der Waals surface area contributed by atoms with Gasteiger partial charge in [0.15, 0.2) is 0 Å². The van der Waals surface area contributed by atoms with Gasteiger partial charge in [-0.3, -0.25) is 4.79 Å². The summed E-state index contributed by atoms with van der Waals surface area (Å²) < 4.78 is 11.3. The Kier molecular flexibility index (Phi) is 6.63. The molecule has 28 heavy (non-hydrogen) atoms. The largest absolute Gasteiger partial charge is 0.497 e. The Balaban J connectivity index is 0.00000225. The molecular formula is C23H28ClNO3. The number of nitrogens with zero attached hydrogens (tertiary/aromatic N) is 1. The molecule has 0 amide bonds. The highest BCUT2D eigenvalue weighted by Crippen LogP contribution is 2.37. The topological polar surface area (TPSA) is 38.8 Å². The third-order valence-corrected chi connectivity index (χ3v) is 6.16. The van der Waals surface area contributed by atoms with Gasteiger partial charge in [-0.25, -0.2) is 0 Å². The van der Waals surface area contributed by atoms with E-state index in [1.807, 2.05) is 54.6 Å². The van der Waals surface area contributed by atoms with E-state index in [0.29, 0.717) is 12.1 Å². The Morgan fingerprint density at radius 2 is 1.54 bits per heavy atom. The average molecular weight is 402 g/mol. The van der Waals surface area contributed by atoms with Crippen LogP contribution in [0.1, 0.15) is 42.7 Å².